The van der Waals surface area contributed by atoms with Crippen molar-refractivity contribution >= 4 is 0 Å². The first kappa shape index (κ1) is 10.1. The Morgan fingerprint density at radius 2 is 2.00 bits per heavy atom. The standard InChI is InChI=1S/C14H24O/c1-9-10(2)14-7-12(9)6-13(14)5-11-3-4-15-8-11/h9-14H,3-8H2,1-2H3. The van der Waals surface area contributed by atoms with Gasteiger partial charge in [0.15, 0.2) is 0 Å². The van der Waals surface area contributed by atoms with Gasteiger partial charge < -0.3 is 4.74 Å². The van der Waals surface area contributed by atoms with Gasteiger partial charge in [0.05, 0.1) is 0 Å². The molecule has 1 nitrogen and oxygen atoms in total. The molecule has 0 radical (unpaired) electrons. The summed E-state index contributed by atoms with van der Waals surface area (Å²) in [6.07, 6.45) is 5.88. The van der Waals surface area contributed by atoms with Gasteiger partial charge in [-0.25, -0.2) is 0 Å². The monoisotopic (exact) mass is 208 g/mol. The van der Waals surface area contributed by atoms with Crippen LogP contribution in [0, 0.1) is 35.5 Å². The summed E-state index contributed by atoms with van der Waals surface area (Å²) in [5, 5.41) is 0. The highest BCUT2D eigenvalue weighted by atomic mass is 16.5. The van der Waals surface area contributed by atoms with Crippen LogP contribution < -0.4 is 0 Å². The molecule has 2 bridgehead atoms. The van der Waals surface area contributed by atoms with Crippen LogP contribution in [0.25, 0.3) is 0 Å². The Hall–Kier alpha value is -0.0400. The highest BCUT2D eigenvalue weighted by Gasteiger charge is 2.48. The van der Waals surface area contributed by atoms with Crippen molar-refractivity contribution in [1.82, 2.24) is 0 Å². The molecule has 1 saturated heterocycles. The molecule has 15 heavy (non-hydrogen) atoms. The first-order valence-corrected chi connectivity index (χ1v) is 6.83. The molecule has 2 saturated carbocycles. The van der Waals surface area contributed by atoms with E-state index in [9.17, 15) is 0 Å². The quantitative estimate of drug-likeness (QED) is 0.676. The third-order valence-electron chi connectivity index (χ3n) is 5.69. The fourth-order valence-corrected chi connectivity index (χ4v) is 4.56. The Kier molecular flexibility index (Phi) is 2.54. The molecule has 1 heteroatoms. The Morgan fingerprint density at radius 1 is 1.13 bits per heavy atom. The lowest BCUT2D eigenvalue weighted by Gasteiger charge is -2.32. The van der Waals surface area contributed by atoms with E-state index in [2.05, 4.69) is 13.8 Å². The predicted octanol–water partition coefficient (Wildman–Crippen LogP) is 3.34. The summed E-state index contributed by atoms with van der Waals surface area (Å²) in [4.78, 5) is 0. The van der Waals surface area contributed by atoms with E-state index in [1.54, 1.807) is 6.42 Å². The van der Waals surface area contributed by atoms with Crippen LogP contribution in [0.5, 0.6) is 0 Å². The van der Waals surface area contributed by atoms with Crippen LogP contribution in [0.2, 0.25) is 0 Å². The van der Waals surface area contributed by atoms with Gasteiger partial charge in [-0.05, 0) is 61.2 Å². The van der Waals surface area contributed by atoms with Crippen molar-refractivity contribution in [2.75, 3.05) is 13.2 Å². The molecule has 0 spiro atoms. The van der Waals surface area contributed by atoms with Crippen LogP contribution in [-0.2, 0) is 4.74 Å². The van der Waals surface area contributed by atoms with Crippen molar-refractivity contribution in [3.05, 3.63) is 0 Å². The molecular formula is C14H24O. The average Bonchev–Trinajstić information content (AvgIpc) is 2.89. The van der Waals surface area contributed by atoms with Crippen molar-refractivity contribution in [2.45, 2.75) is 39.5 Å². The highest BCUT2D eigenvalue weighted by Crippen LogP contribution is 2.56. The zero-order valence-corrected chi connectivity index (χ0v) is 10.1. The summed E-state index contributed by atoms with van der Waals surface area (Å²) in [6.45, 7) is 7.05. The van der Waals surface area contributed by atoms with Crippen LogP contribution in [0.1, 0.15) is 39.5 Å². The maximum absolute atomic E-state index is 5.50. The van der Waals surface area contributed by atoms with Gasteiger partial charge in [0, 0.05) is 13.2 Å². The van der Waals surface area contributed by atoms with Crippen molar-refractivity contribution < 1.29 is 4.74 Å². The van der Waals surface area contributed by atoms with Crippen LogP contribution in [0.3, 0.4) is 0 Å². The predicted molar refractivity (Wildman–Crippen MR) is 61.6 cm³/mol. The molecule has 2 aliphatic carbocycles. The SMILES string of the molecule is CC1C2CC(CC3CCOC3)C(C2)C1C. The molecule has 0 aromatic carbocycles. The molecule has 0 N–H and O–H groups in total. The van der Waals surface area contributed by atoms with E-state index in [0.717, 1.165) is 48.7 Å². The van der Waals surface area contributed by atoms with Gasteiger partial charge in [-0.3, -0.25) is 0 Å². The highest BCUT2D eigenvalue weighted by molar-refractivity contribution is 4.98. The minimum atomic E-state index is 0.900. The maximum Gasteiger partial charge on any atom is 0.0495 e. The van der Waals surface area contributed by atoms with Gasteiger partial charge in [0.25, 0.3) is 0 Å². The Labute approximate surface area is 93.6 Å². The van der Waals surface area contributed by atoms with Gasteiger partial charge in [-0.1, -0.05) is 13.8 Å². The molecule has 3 rings (SSSR count). The average molecular weight is 208 g/mol. The molecule has 0 aromatic rings. The lowest BCUT2D eigenvalue weighted by atomic mass is 9.73. The van der Waals surface area contributed by atoms with Crippen LogP contribution in [0.4, 0.5) is 0 Å². The minimum Gasteiger partial charge on any atom is -0.381 e. The van der Waals surface area contributed by atoms with Crippen LogP contribution >= 0.6 is 0 Å². The molecule has 1 aliphatic heterocycles. The Morgan fingerprint density at radius 3 is 2.60 bits per heavy atom. The molecule has 0 aromatic heterocycles. The summed E-state index contributed by atoms with van der Waals surface area (Å²) < 4.78 is 5.50. The minimum absolute atomic E-state index is 0.900. The summed E-state index contributed by atoms with van der Waals surface area (Å²) >= 11 is 0. The molecule has 1 heterocycles. The van der Waals surface area contributed by atoms with Crippen molar-refractivity contribution in [3.63, 3.8) is 0 Å². The van der Waals surface area contributed by atoms with Crippen molar-refractivity contribution in [2.24, 2.45) is 35.5 Å². The lowest BCUT2D eigenvalue weighted by molar-refractivity contribution is 0.147. The van der Waals surface area contributed by atoms with Gasteiger partial charge in [0.2, 0.25) is 0 Å². The second-order valence-electron chi connectivity index (χ2n) is 6.34. The zero-order chi connectivity index (χ0) is 10.4. The van der Waals surface area contributed by atoms with Gasteiger partial charge in [-0.2, -0.15) is 0 Å². The zero-order valence-electron chi connectivity index (χ0n) is 10.1. The normalized spacial score (nSPS) is 54.0. The topological polar surface area (TPSA) is 9.23 Å². The summed E-state index contributed by atoms with van der Waals surface area (Å²) in [7, 11) is 0. The van der Waals surface area contributed by atoms with Crippen molar-refractivity contribution in [1.29, 1.82) is 0 Å². The largest absolute Gasteiger partial charge is 0.381 e. The first-order valence-electron chi connectivity index (χ1n) is 6.83. The number of rotatable bonds is 2. The van der Waals surface area contributed by atoms with Gasteiger partial charge in [0.1, 0.15) is 0 Å². The van der Waals surface area contributed by atoms with E-state index in [1.165, 1.54) is 19.3 Å². The molecule has 6 atom stereocenters. The van der Waals surface area contributed by atoms with Crippen LogP contribution in [-0.4, -0.2) is 13.2 Å². The lowest BCUT2D eigenvalue weighted by Crippen LogP contribution is -2.26. The van der Waals surface area contributed by atoms with E-state index in [-0.39, 0.29) is 0 Å². The summed E-state index contributed by atoms with van der Waals surface area (Å²) in [6, 6.07) is 0. The molecule has 0 amide bonds. The Bertz CT molecular complexity index is 229. The smallest absolute Gasteiger partial charge is 0.0495 e. The molecule has 6 unspecified atom stereocenters. The summed E-state index contributed by atoms with van der Waals surface area (Å²) in [5.41, 5.74) is 0. The van der Waals surface area contributed by atoms with E-state index < -0.39 is 0 Å². The van der Waals surface area contributed by atoms with Gasteiger partial charge >= 0.3 is 0 Å². The van der Waals surface area contributed by atoms with Crippen LogP contribution in [0.15, 0.2) is 0 Å². The van der Waals surface area contributed by atoms with E-state index in [1.807, 2.05) is 0 Å². The molecule has 3 fully saturated rings. The number of ether oxygens (including phenoxy) is 1. The van der Waals surface area contributed by atoms with E-state index >= 15 is 0 Å². The van der Waals surface area contributed by atoms with Crippen molar-refractivity contribution in [3.8, 4) is 0 Å². The van der Waals surface area contributed by atoms with E-state index in [0.29, 0.717) is 0 Å². The third-order valence-corrected chi connectivity index (χ3v) is 5.69. The second-order valence-corrected chi connectivity index (χ2v) is 6.34. The maximum atomic E-state index is 5.50. The fourth-order valence-electron chi connectivity index (χ4n) is 4.56. The van der Waals surface area contributed by atoms with E-state index in [4.69, 9.17) is 4.74 Å². The number of hydrogen-bond acceptors (Lipinski definition) is 1. The molecule has 86 valence electrons. The number of fused-ring (bicyclic) bond motifs is 2. The molecular weight excluding hydrogens is 184 g/mol. The summed E-state index contributed by atoms with van der Waals surface area (Å²) in [5.74, 6) is 6.08. The van der Waals surface area contributed by atoms with Gasteiger partial charge in [-0.15, -0.1) is 0 Å². The number of hydrogen-bond donors (Lipinski definition) is 0. The molecule has 3 aliphatic rings. The second kappa shape index (κ2) is 3.76. The third kappa shape index (κ3) is 1.63. The Balaban J connectivity index is 1.60. The first-order chi connectivity index (χ1) is 7.25. The fraction of sp³-hybridized carbons (Fsp3) is 1.00.